The first kappa shape index (κ1) is 25.0. The van der Waals surface area contributed by atoms with Crippen LogP contribution in [0.15, 0.2) is 23.2 Å². The summed E-state index contributed by atoms with van der Waals surface area (Å²) in [5, 5.41) is 12.0. The maximum absolute atomic E-state index is 12.4. The molecule has 33 heavy (non-hydrogen) atoms. The molecule has 0 aromatic heterocycles. The van der Waals surface area contributed by atoms with E-state index in [1.807, 2.05) is 28.0 Å². The van der Waals surface area contributed by atoms with Gasteiger partial charge in [-0.25, -0.2) is 4.99 Å². The molecule has 1 saturated heterocycles. The largest absolute Gasteiger partial charge is 0.494 e. The molecule has 2 amide bonds. The third-order valence-electron chi connectivity index (χ3n) is 6.08. The van der Waals surface area contributed by atoms with E-state index in [4.69, 9.17) is 4.74 Å². The number of benzene rings is 1. The van der Waals surface area contributed by atoms with Crippen molar-refractivity contribution in [2.75, 3.05) is 32.8 Å². The van der Waals surface area contributed by atoms with Crippen LogP contribution in [0.2, 0.25) is 0 Å². The van der Waals surface area contributed by atoms with E-state index in [0.717, 1.165) is 62.1 Å². The van der Waals surface area contributed by atoms with Crippen molar-refractivity contribution in [3.8, 4) is 5.75 Å². The quantitative estimate of drug-likeness (QED) is 0.393. The Hall–Kier alpha value is -2.61. The van der Waals surface area contributed by atoms with Gasteiger partial charge in [-0.2, -0.15) is 0 Å². The number of aliphatic hydroxyl groups is 1. The molecule has 0 aliphatic carbocycles. The lowest BCUT2D eigenvalue weighted by molar-refractivity contribution is -0.132. The second-order valence-electron chi connectivity index (χ2n) is 8.81. The van der Waals surface area contributed by atoms with Gasteiger partial charge in [0.15, 0.2) is 0 Å². The third kappa shape index (κ3) is 7.74. The minimum absolute atomic E-state index is 0.0205. The number of hydrogen-bond acceptors (Lipinski definition) is 6. The molecule has 2 aliphatic heterocycles. The number of nitrogens with zero attached hydrogens (tertiary/aromatic N) is 3. The Bertz CT molecular complexity index is 827. The number of hydrogen-bond donors (Lipinski definition) is 2. The standard InChI is InChI=1S/C25H38N4O4/c1-2-3-4-8-13-28(14-15-30)24(32)10-7-5-6-9-16-33-21-11-12-22-20(17-21)18-29-19-23(31)27-25(29)26-22/h11-12,17,30H,2-10,13-16,18-19H2,1H3,(H,26,27,31). The summed E-state index contributed by atoms with van der Waals surface area (Å²) < 4.78 is 5.91. The molecule has 1 aromatic rings. The molecule has 2 aliphatic rings. The zero-order valence-corrected chi connectivity index (χ0v) is 19.9. The number of carbonyl (C=O) groups is 2. The number of aliphatic imine (C=N–C) groups is 1. The van der Waals surface area contributed by atoms with Gasteiger partial charge in [-0.1, -0.05) is 39.0 Å². The summed E-state index contributed by atoms with van der Waals surface area (Å²) in [5.74, 6) is 1.60. The highest BCUT2D eigenvalue weighted by Crippen LogP contribution is 2.30. The summed E-state index contributed by atoms with van der Waals surface area (Å²) in [6, 6.07) is 5.86. The van der Waals surface area contributed by atoms with Crippen LogP contribution in [-0.2, 0) is 16.1 Å². The summed E-state index contributed by atoms with van der Waals surface area (Å²) in [5.41, 5.74) is 1.94. The number of unbranched alkanes of at least 4 members (excludes halogenated alkanes) is 6. The van der Waals surface area contributed by atoms with Crippen LogP contribution in [0.1, 0.15) is 70.3 Å². The van der Waals surface area contributed by atoms with Crippen LogP contribution in [0.3, 0.4) is 0 Å². The summed E-state index contributed by atoms with van der Waals surface area (Å²) in [4.78, 5) is 32.2. The molecule has 3 rings (SSSR count). The average molecular weight is 459 g/mol. The Kier molecular flexibility index (Phi) is 10.00. The molecule has 8 nitrogen and oxygen atoms in total. The van der Waals surface area contributed by atoms with E-state index in [-0.39, 0.29) is 18.4 Å². The van der Waals surface area contributed by atoms with Gasteiger partial charge in [0.2, 0.25) is 17.8 Å². The number of ether oxygens (including phenoxy) is 1. The van der Waals surface area contributed by atoms with Gasteiger partial charge in [-0.05, 0) is 37.5 Å². The smallest absolute Gasteiger partial charge is 0.246 e. The second kappa shape index (κ2) is 13.2. The molecule has 1 aromatic carbocycles. The van der Waals surface area contributed by atoms with Crippen LogP contribution in [-0.4, -0.2) is 65.5 Å². The molecule has 0 bridgehead atoms. The maximum Gasteiger partial charge on any atom is 0.246 e. The molecular weight excluding hydrogens is 420 g/mol. The lowest BCUT2D eigenvalue weighted by Gasteiger charge is -2.23. The number of amides is 2. The van der Waals surface area contributed by atoms with Crippen LogP contribution in [0.25, 0.3) is 0 Å². The number of guanidine groups is 1. The maximum atomic E-state index is 12.4. The SMILES string of the molecule is CCCCCCN(CCO)C(=O)CCCCCCOc1ccc2c(c1)CN1CC(=O)NC1=N2. The lowest BCUT2D eigenvalue weighted by atomic mass is 10.1. The average Bonchev–Trinajstić information content (AvgIpc) is 3.17. The topological polar surface area (TPSA) is 94.5 Å². The monoisotopic (exact) mass is 458 g/mol. The molecule has 182 valence electrons. The Morgan fingerprint density at radius 3 is 2.76 bits per heavy atom. The number of nitrogens with one attached hydrogen (secondary N) is 1. The van der Waals surface area contributed by atoms with E-state index in [0.29, 0.717) is 38.6 Å². The predicted octanol–water partition coefficient (Wildman–Crippen LogP) is 3.35. The van der Waals surface area contributed by atoms with Crippen LogP contribution >= 0.6 is 0 Å². The van der Waals surface area contributed by atoms with Crippen molar-refractivity contribution in [3.05, 3.63) is 23.8 Å². The molecule has 2 N–H and O–H groups in total. The minimum Gasteiger partial charge on any atom is -0.494 e. The van der Waals surface area contributed by atoms with Crippen LogP contribution in [0.4, 0.5) is 5.69 Å². The van der Waals surface area contributed by atoms with Crippen molar-refractivity contribution in [1.29, 1.82) is 0 Å². The molecule has 1 fully saturated rings. The van der Waals surface area contributed by atoms with Crippen molar-refractivity contribution in [3.63, 3.8) is 0 Å². The number of fused-ring (bicyclic) bond motifs is 2. The molecular formula is C25H38N4O4. The van der Waals surface area contributed by atoms with Gasteiger partial charge in [0.05, 0.1) is 18.9 Å². The summed E-state index contributed by atoms with van der Waals surface area (Å²) >= 11 is 0. The minimum atomic E-state index is -0.0205. The van der Waals surface area contributed by atoms with Crippen LogP contribution in [0, 0.1) is 0 Å². The van der Waals surface area contributed by atoms with Crippen molar-refractivity contribution < 1.29 is 19.4 Å². The zero-order valence-electron chi connectivity index (χ0n) is 19.9. The fourth-order valence-corrected chi connectivity index (χ4v) is 4.22. The van der Waals surface area contributed by atoms with Gasteiger partial charge >= 0.3 is 0 Å². The van der Waals surface area contributed by atoms with E-state index in [1.54, 1.807) is 0 Å². The van der Waals surface area contributed by atoms with E-state index in [1.165, 1.54) is 12.8 Å². The Morgan fingerprint density at radius 1 is 1.12 bits per heavy atom. The van der Waals surface area contributed by atoms with Gasteiger partial charge in [0, 0.05) is 31.6 Å². The van der Waals surface area contributed by atoms with E-state index in [2.05, 4.69) is 17.2 Å². The molecule has 0 spiro atoms. The number of rotatable bonds is 15. The summed E-state index contributed by atoms with van der Waals surface area (Å²) in [6.07, 6.45) is 8.90. The summed E-state index contributed by atoms with van der Waals surface area (Å²) in [6.45, 7) is 5.04. The molecule has 8 heteroatoms. The Balaban J connectivity index is 1.29. The number of carbonyl (C=O) groups excluding carboxylic acids is 2. The van der Waals surface area contributed by atoms with E-state index < -0.39 is 0 Å². The third-order valence-corrected chi connectivity index (χ3v) is 6.08. The van der Waals surface area contributed by atoms with Gasteiger partial charge in [-0.3, -0.25) is 14.9 Å². The van der Waals surface area contributed by atoms with E-state index >= 15 is 0 Å². The lowest BCUT2D eigenvalue weighted by Crippen LogP contribution is -2.34. The highest BCUT2D eigenvalue weighted by molar-refractivity contribution is 6.05. The first-order valence-corrected chi connectivity index (χ1v) is 12.4. The second-order valence-corrected chi connectivity index (χ2v) is 8.81. The van der Waals surface area contributed by atoms with Gasteiger partial charge in [0.25, 0.3) is 0 Å². The zero-order chi connectivity index (χ0) is 23.5. The van der Waals surface area contributed by atoms with Crippen molar-refractivity contribution in [2.24, 2.45) is 4.99 Å². The first-order valence-electron chi connectivity index (χ1n) is 12.4. The fraction of sp³-hybridized carbons (Fsp3) is 0.640. The highest BCUT2D eigenvalue weighted by Gasteiger charge is 2.29. The molecule has 0 radical (unpaired) electrons. The van der Waals surface area contributed by atoms with Gasteiger partial charge in [0.1, 0.15) is 12.3 Å². The molecule has 2 heterocycles. The Morgan fingerprint density at radius 2 is 1.94 bits per heavy atom. The number of aliphatic hydroxyl groups excluding tert-OH is 1. The Labute approximate surface area is 197 Å². The van der Waals surface area contributed by atoms with Crippen LogP contribution in [0.5, 0.6) is 5.75 Å². The first-order chi connectivity index (χ1) is 16.1. The molecule has 0 saturated carbocycles. The normalized spacial score (nSPS) is 14.4. The van der Waals surface area contributed by atoms with Crippen LogP contribution < -0.4 is 10.1 Å². The predicted molar refractivity (Wildman–Crippen MR) is 128 cm³/mol. The molecule has 0 atom stereocenters. The van der Waals surface area contributed by atoms with Crippen molar-refractivity contribution >= 4 is 23.5 Å². The van der Waals surface area contributed by atoms with E-state index in [9.17, 15) is 14.7 Å². The van der Waals surface area contributed by atoms with Crippen molar-refractivity contribution in [1.82, 2.24) is 15.1 Å². The van der Waals surface area contributed by atoms with Crippen molar-refractivity contribution in [2.45, 2.75) is 71.3 Å². The fourth-order valence-electron chi connectivity index (χ4n) is 4.22. The molecule has 0 unspecified atom stereocenters. The summed E-state index contributed by atoms with van der Waals surface area (Å²) in [7, 11) is 0. The van der Waals surface area contributed by atoms with Gasteiger partial charge < -0.3 is 19.6 Å². The van der Waals surface area contributed by atoms with Gasteiger partial charge in [-0.15, -0.1) is 0 Å². The highest BCUT2D eigenvalue weighted by atomic mass is 16.5.